The molecule has 2 amide bonds. The van der Waals surface area contributed by atoms with Gasteiger partial charge in [0.05, 0.1) is 19.3 Å². The first-order valence-corrected chi connectivity index (χ1v) is 15.3. The van der Waals surface area contributed by atoms with Gasteiger partial charge in [-0.1, -0.05) is 24.6 Å². The molecule has 1 spiro atoms. The maximum absolute atomic E-state index is 13.8. The Kier molecular flexibility index (Phi) is 9.50. The molecule has 3 heterocycles. The van der Waals surface area contributed by atoms with Crippen LogP contribution in [0.25, 0.3) is 0 Å². The molecule has 216 valence electrons. The predicted molar refractivity (Wildman–Crippen MR) is 158 cm³/mol. The molecule has 2 aromatic rings. The number of carbonyl (C=O) groups is 2. The second-order valence-electron chi connectivity index (χ2n) is 11.8. The van der Waals surface area contributed by atoms with Crippen molar-refractivity contribution in [2.75, 3.05) is 51.3 Å². The molecular formula is C33H45N3O4. The van der Waals surface area contributed by atoms with Gasteiger partial charge < -0.3 is 24.6 Å². The van der Waals surface area contributed by atoms with Gasteiger partial charge in [0, 0.05) is 44.8 Å². The molecule has 1 N–H and O–H groups in total. The van der Waals surface area contributed by atoms with Crippen molar-refractivity contribution in [2.45, 2.75) is 70.6 Å². The molecule has 2 fully saturated rings. The Morgan fingerprint density at radius 1 is 0.900 bits per heavy atom. The highest BCUT2D eigenvalue weighted by molar-refractivity contribution is 5.98. The minimum absolute atomic E-state index is 0.0201. The Morgan fingerprint density at radius 2 is 1.70 bits per heavy atom. The Balaban J connectivity index is 1.25. The Hall–Kier alpha value is -3.22. The third-order valence-corrected chi connectivity index (χ3v) is 9.09. The lowest BCUT2D eigenvalue weighted by atomic mass is 9.74. The summed E-state index contributed by atoms with van der Waals surface area (Å²) in [4.78, 5) is 30.8. The van der Waals surface area contributed by atoms with E-state index in [4.69, 9.17) is 9.47 Å². The summed E-state index contributed by atoms with van der Waals surface area (Å²) < 4.78 is 11.6. The van der Waals surface area contributed by atoms with E-state index in [0.29, 0.717) is 50.4 Å². The second-order valence-corrected chi connectivity index (χ2v) is 11.8. The van der Waals surface area contributed by atoms with Crippen molar-refractivity contribution in [3.8, 4) is 11.5 Å². The first-order valence-electron chi connectivity index (χ1n) is 15.3. The summed E-state index contributed by atoms with van der Waals surface area (Å²) in [5.41, 5.74) is 3.03. The van der Waals surface area contributed by atoms with Crippen molar-refractivity contribution in [1.82, 2.24) is 10.2 Å². The zero-order valence-corrected chi connectivity index (χ0v) is 24.1. The van der Waals surface area contributed by atoms with E-state index < -0.39 is 0 Å². The summed E-state index contributed by atoms with van der Waals surface area (Å²) >= 11 is 0. The lowest BCUT2D eigenvalue weighted by molar-refractivity contribution is -0.122. The van der Waals surface area contributed by atoms with E-state index in [9.17, 15) is 9.59 Å². The molecule has 2 saturated heterocycles. The number of likely N-dealkylation sites (tertiary alicyclic amines) is 1. The van der Waals surface area contributed by atoms with Crippen LogP contribution < -0.4 is 19.7 Å². The van der Waals surface area contributed by atoms with Gasteiger partial charge in [-0.15, -0.1) is 0 Å². The smallest absolute Gasteiger partial charge is 0.257 e. The van der Waals surface area contributed by atoms with Gasteiger partial charge in [0.2, 0.25) is 5.91 Å². The van der Waals surface area contributed by atoms with Gasteiger partial charge in [0.15, 0.2) is 0 Å². The highest BCUT2D eigenvalue weighted by atomic mass is 16.5. The quantitative estimate of drug-likeness (QED) is 0.541. The summed E-state index contributed by atoms with van der Waals surface area (Å²) in [6.45, 7) is 4.70. The van der Waals surface area contributed by atoms with E-state index in [1.54, 1.807) is 7.11 Å². The van der Waals surface area contributed by atoms with Crippen LogP contribution in [0.4, 0.5) is 5.69 Å². The molecule has 0 atom stereocenters. The van der Waals surface area contributed by atoms with Crippen molar-refractivity contribution in [2.24, 2.45) is 5.41 Å². The van der Waals surface area contributed by atoms with Crippen LogP contribution in [0.5, 0.6) is 11.5 Å². The number of aryl methyl sites for hydroxylation is 1. The standard InChI is InChI=1S/C33H45N3O4/c1-39-30-15-14-27(35-19-7-2-8-20-35)24-28(30)32(38)36-21-17-33(18-22-36)16-6-5-11-26-10-3-4-12-29(26)40-23-9-13-31(37)34-25-33/h3-4,10,12,14-15,24H,2,5-9,11,13,16-23,25H2,1H3,(H,34,37). The van der Waals surface area contributed by atoms with Gasteiger partial charge in [0.1, 0.15) is 11.5 Å². The predicted octanol–water partition coefficient (Wildman–Crippen LogP) is 5.61. The lowest BCUT2D eigenvalue weighted by Gasteiger charge is -2.42. The number of hydrogen-bond acceptors (Lipinski definition) is 5. The van der Waals surface area contributed by atoms with Gasteiger partial charge >= 0.3 is 0 Å². The zero-order chi connectivity index (χ0) is 27.8. The van der Waals surface area contributed by atoms with Crippen molar-refractivity contribution in [1.29, 1.82) is 0 Å². The summed E-state index contributed by atoms with van der Waals surface area (Å²) in [7, 11) is 1.64. The number of rotatable bonds is 3. The third kappa shape index (κ3) is 6.91. The second kappa shape index (κ2) is 13.4. The number of nitrogens with zero attached hydrogens (tertiary/aromatic N) is 2. The monoisotopic (exact) mass is 547 g/mol. The molecule has 40 heavy (non-hydrogen) atoms. The van der Waals surface area contributed by atoms with Crippen LogP contribution in [0, 0.1) is 5.41 Å². The molecule has 7 heteroatoms. The molecule has 0 aliphatic carbocycles. The Labute approximate surface area is 239 Å². The van der Waals surface area contributed by atoms with Gasteiger partial charge in [-0.25, -0.2) is 0 Å². The van der Waals surface area contributed by atoms with E-state index in [2.05, 4.69) is 28.4 Å². The van der Waals surface area contributed by atoms with Gasteiger partial charge in [0.25, 0.3) is 5.91 Å². The fraction of sp³-hybridized carbons (Fsp3) is 0.576. The highest BCUT2D eigenvalue weighted by Gasteiger charge is 2.36. The number of amides is 2. The summed E-state index contributed by atoms with van der Waals surface area (Å²) in [5.74, 6) is 1.72. The first-order chi connectivity index (χ1) is 19.6. The fourth-order valence-corrected chi connectivity index (χ4v) is 6.54. The number of benzene rings is 2. The normalized spacial score (nSPS) is 20.6. The molecule has 7 nitrogen and oxygen atoms in total. The number of piperidine rings is 2. The van der Waals surface area contributed by atoms with Crippen molar-refractivity contribution in [3.63, 3.8) is 0 Å². The number of ether oxygens (including phenoxy) is 2. The summed E-state index contributed by atoms with van der Waals surface area (Å²) in [6, 6.07) is 14.3. The largest absolute Gasteiger partial charge is 0.496 e. The van der Waals surface area contributed by atoms with Crippen LogP contribution in [0.2, 0.25) is 0 Å². The minimum atomic E-state index is 0.0201. The van der Waals surface area contributed by atoms with Gasteiger partial charge in [-0.3, -0.25) is 9.59 Å². The topological polar surface area (TPSA) is 71.1 Å². The summed E-state index contributed by atoms with van der Waals surface area (Å²) in [6.07, 6.45) is 10.8. The van der Waals surface area contributed by atoms with Gasteiger partial charge in [-0.05, 0) is 93.0 Å². The molecule has 0 unspecified atom stereocenters. The molecular weight excluding hydrogens is 502 g/mol. The number of methoxy groups -OCH3 is 1. The molecule has 2 aromatic carbocycles. The molecule has 3 aliphatic rings. The van der Waals surface area contributed by atoms with Crippen LogP contribution in [0.3, 0.4) is 0 Å². The van der Waals surface area contributed by atoms with Crippen LogP contribution in [-0.4, -0.2) is 63.2 Å². The van der Waals surface area contributed by atoms with E-state index in [1.165, 1.54) is 24.8 Å². The molecule has 0 saturated carbocycles. The first kappa shape index (κ1) is 28.3. The lowest BCUT2D eigenvalue weighted by Crippen LogP contribution is -2.48. The van der Waals surface area contributed by atoms with Crippen molar-refractivity contribution in [3.05, 3.63) is 53.6 Å². The van der Waals surface area contributed by atoms with E-state index >= 15 is 0 Å². The number of anilines is 1. The number of nitrogens with one attached hydrogen (secondary N) is 1. The number of fused-ring (bicyclic) bond motifs is 1. The summed E-state index contributed by atoms with van der Waals surface area (Å²) in [5, 5.41) is 3.23. The zero-order valence-electron chi connectivity index (χ0n) is 24.1. The van der Waals surface area contributed by atoms with Crippen LogP contribution >= 0.6 is 0 Å². The minimum Gasteiger partial charge on any atom is -0.496 e. The van der Waals surface area contributed by atoms with Crippen LogP contribution in [-0.2, 0) is 11.2 Å². The molecule has 3 aliphatic heterocycles. The maximum Gasteiger partial charge on any atom is 0.257 e. The number of carbonyl (C=O) groups excluding carboxylic acids is 2. The van der Waals surface area contributed by atoms with Crippen molar-refractivity contribution >= 4 is 17.5 Å². The molecule has 0 aromatic heterocycles. The average molecular weight is 548 g/mol. The third-order valence-electron chi connectivity index (χ3n) is 9.09. The van der Waals surface area contributed by atoms with Crippen LogP contribution in [0.15, 0.2) is 42.5 Å². The van der Waals surface area contributed by atoms with Crippen molar-refractivity contribution < 1.29 is 19.1 Å². The van der Waals surface area contributed by atoms with E-state index in [1.807, 2.05) is 29.2 Å². The molecule has 0 bridgehead atoms. The maximum atomic E-state index is 13.8. The fourth-order valence-electron chi connectivity index (χ4n) is 6.54. The van der Waals surface area contributed by atoms with Crippen LogP contribution in [0.1, 0.15) is 80.1 Å². The number of hydrogen-bond donors (Lipinski definition) is 1. The highest BCUT2D eigenvalue weighted by Crippen LogP contribution is 2.38. The Bertz CT molecular complexity index is 1150. The van der Waals surface area contributed by atoms with E-state index in [-0.39, 0.29) is 17.2 Å². The van der Waals surface area contributed by atoms with E-state index in [0.717, 1.165) is 63.1 Å². The number of para-hydroxylation sites is 1. The molecule has 0 radical (unpaired) electrons. The SMILES string of the molecule is COc1ccc(N2CCCCC2)cc1C(=O)N1CCC2(CCCCc3ccccc3OCCCC(=O)NC2)CC1. The Morgan fingerprint density at radius 3 is 2.50 bits per heavy atom. The van der Waals surface area contributed by atoms with Gasteiger partial charge in [-0.2, -0.15) is 0 Å². The average Bonchev–Trinajstić information content (AvgIpc) is 3.01. The molecule has 5 rings (SSSR count).